The van der Waals surface area contributed by atoms with Gasteiger partial charge in [0.1, 0.15) is 0 Å². The van der Waals surface area contributed by atoms with E-state index >= 15 is 0 Å². The third-order valence-electron chi connectivity index (χ3n) is 4.47. The van der Waals surface area contributed by atoms with E-state index in [0.29, 0.717) is 5.92 Å². The molecule has 2 aliphatic rings. The largest absolute Gasteiger partial charge is 0.409 e. The average Bonchev–Trinajstić information content (AvgIpc) is 2.96. The van der Waals surface area contributed by atoms with Gasteiger partial charge >= 0.3 is 0 Å². The van der Waals surface area contributed by atoms with Crippen LogP contribution in [0.25, 0.3) is 0 Å². The van der Waals surface area contributed by atoms with E-state index in [2.05, 4.69) is 10.5 Å². The molecule has 0 aromatic carbocycles. The minimum atomic E-state index is -0.373. The molecule has 2 bridgehead atoms. The maximum Gasteiger partial charge on any atom is 0.223 e. The Kier molecular flexibility index (Phi) is 3.78. The SMILES string of the molecule is CC(C)C(NC(=O)C1CC2CCC1C2)C(N)=NO. The molecule has 4 N–H and O–H groups in total. The maximum absolute atomic E-state index is 12.3. The van der Waals surface area contributed by atoms with Crippen LogP contribution in [0, 0.1) is 23.7 Å². The highest BCUT2D eigenvalue weighted by Gasteiger charge is 2.43. The first-order chi connectivity index (χ1) is 8.52. The number of carbonyl (C=O) groups excluding carboxylic acids is 1. The summed E-state index contributed by atoms with van der Waals surface area (Å²) in [5, 5.41) is 14.7. The van der Waals surface area contributed by atoms with Gasteiger partial charge in [-0.05, 0) is 37.0 Å². The summed E-state index contributed by atoms with van der Waals surface area (Å²) in [6, 6.07) is -0.373. The molecular formula is C13H23N3O2. The molecule has 102 valence electrons. The third-order valence-corrected chi connectivity index (χ3v) is 4.47. The normalized spacial score (nSPS) is 32.8. The molecule has 0 heterocycles. The highest BCUT2D eigenvalue weighted by molar-refractivity contribution is 5.91. The highest BCUT2D eigenvalue weighted by atomic mass is 16.4. The smallest absolute Gasteiger partial charge is 0.223 e. The Balaban J connectivity index is 1.97. The summed E-state index contributed by atoms with van der Waals surface area (Å²) in [5.41, 5.74) is 5.63. The fourth-order valence-corrected chi connectivity index (χ4v) is 3.47. The standard InChI is InChI=1S/C13H23N3O2/c1-7(2)11(12(14)16-18)15-13(17)10-6-8-3-4-9(10)5-8/h7-11,18H,3-6H2,1-2H3,(H2,14,16)(H,15,17). The molecule has 2 rings (SSSR count). The van der Waals surface area contributed by atoms with Crippen LogP contribution in [0.1, 0.15) is 39.5 Å². The molecule has 0 radical (unpaired) electrons. The van der Waals surface area contributed by atoms with Crippen molar-refractivity contribution in [3.8, 4) is 0 Å². The average molecular weight is 253 g/mol. The van der Waals surface area contributed by atoms with Gasteiger partial charge < -0.3 is 16.3 Å². The molecular weight excluding hydrogens is 230 g/mol. The number of hydrogen-bond donors (Lipinski definition) is 3. The first kappa shape index (κ1) is 13.2. The number of oxime groups is 1. The molecule has 0 saturated heterocycles. The second-order valence-corrected chi connectivity index (χ2v) is 6.04. The van der Waals surface area contributed by atoms with Crippen molar-refractivity contribution >= 4 is 11.7 Å². The van der Waals surface area contributed by atoms with Gasteiger partial charge in [0.05, 0.1) is 6.04 Å². The molecule has 0 spiro atoms. The zero-order valence-corrected chi connectivity index (χ0v) is 11.1. The molecule has 2 fully saturated rings. The van der Waals surface area contributed by atoms with Gasteiger partial charge in [-0.25, -0.2) is 0 Å². The number of fused-ring (bicyclic) bond motifs is 2. The number of rotatable bonds is 4. The number of carbonyl (C=O) groups is 1. The minimum Gasteiger partial charge on any atom is -0.409 e. The number of nitrogens with two attached hydrogens (primary N) is 1. The molecule has 0 aliphatic heterocycles. The van der Waals surface area contributed by atoms with Crippen LogP contribution in [-0.4, -0.2) is 23.0 Å². The molecule has 4 unspecified atom stereocenters. The van der Waals surface area contributed by atoms with Crippen molar-refractivity contribution in [2.75, 3.05) is 0 Å². The van der Waals surface area contributed by atoms with Crippen LogP contribution in [0.4, 0.5) is 0 Å². The summed E-state index contributed by atoms with van der Waals surface area (Å²) in [5.74, 6) is 1.70. The van der Waals surface area contributed by atoms with Gasteiger partial charge in [-0.1, -0.05) is 25.4 Å². The van der Waals surface area contributed by atoms with Gasteiger partial charge in [-0.15, -0.1) is 0 Å². The van der Waals surface area contributed by atoms with E-state index in [1.807, 2.05) is 13.8 Å². The lowest BCUT2D eigenvalue weighted by atomic mass is 9.87. The van der Waals surface area contributed by atoms with Crippen molar-refractivity contribution in [1.29, 1.82) is 0 Å². The van der Waals surface area contributed by atoms with Crippen molar-refractivity contribution < 1.29 is 10.0 Å². The van der Waals surface area contributed by atoms with E-state index in [1.54, 1.807) is 0 Å². The lowest BCUT2D eigenvalue weighted by Gasteiger charge is -2.26. The van der Waals surface area contributed by atoms with Crippen molar-refractivity contribution in [3.05, 3.63) is 0 Å². The Labute approximate surface area is 108 Å². The minimum absolute atomic E-state index is 0.0764. The topological polar surface area (TPSA) is 87.7 Å². The molecule has 5 heteroatoms. The zero-order valence-electron chi connectivity index (χ0n) is 11.1. The molecule has 1 amide bonds. The first-order valence-corrected chi connectivity index (χ1v) is 6.80. The summed E-state index contributed by atoms with van der Waals surface area (Å²) >= 11 is 0. The number of nitrogens with zero attached hydrogens (tertiary/aromatic N) is 1. The molecule has 2 saturated carbocycles. The Bertz CT molecular complexity index is 354. The number of amides is 1. The highest BCUT2D eigenvalue weighted by Crippen LogP contribution is 2.48. The van der Waals surface area contributed by atoms with Gasteiger partial charge in [0.25, 0.3) is 0 Å². The summed E-state index contributed by atoms with van der Waals surface area (Å²) in [4.78, 5) is 12.3. The van der Waals surface area contributed by atoms with E-state index in [1.165, 1.54) is 19.3 Å². The van der Waals surface area contributed by atoms with Crippen molar-refractivity contribution in [3.63, 3.8) is 0 Å². The van der Waals surface area contributed by atoms with Gasteiger partial charge in [-0.2, -0.15) is 0 Å². The van der Waals surface area contributed by atoms with Gasteiger partial charge in [0.15, 0.2) is 5.84 Å². The molecule has 0 aromatic rings. The van der Waals surface area contributed by atoms with E-state index < -0.39 is 0 Å². The lowest BCUT2D eigenvalue weighted by Crippen LogP contribution is -2.50. The zero-order chi connectivity index (χ0) is 13.3. The van der Waals surface area contributed by atoms with Crippen LogP contribution in [0.2, 0.25) is 0 Å². The van der Waals surface area contributed by atoms with E-state index in [4.69, 9.17) is 10.9 Å². The molecule has 0 aromatic heterocycles. The van der Waals surface area contributed by atoms with Gasteiger partial charge in [0, 0.05) is 5.92 Å². The lowest BCUT2D eigenvalue weighted by molar-refractivity contribution is -0.127. The van der Waals surface area contributed by atoms with E-state index in [9.17, 15) is 4.79 Å². The van der Waals surface area contributed by atoms with Crippen LogP contribution < -0.4 is 11.1 Å². The monoisotopic (exact) mass is 253 g/mol. The number of hydrogen-bond acceptors (Lipinski definition) is 3. The molecule has 18 heavy (non-hydrogen) atoms. The number of amidine groups is 1. The van der Waals surface area contributed by atoms with Crippen molar-refractivity contribution in [1.82, 2.24) is 5.32 Å². The van der Waals surface area contributed by atoms with Gasteiger partial charge in [0.2, 0.25) is 5.91 Å². The second kappa shape index (κ2) is 5.16. The molecule has 2 aliphatic carbocycles. The van der Waals surface area contributed by atoms with E-state index in [-0.39, 0.29) is 29.6 Å². The fraction of sp³-hybridized carbons (Fsp3) is 0.846. The van der Waals surface area contributed by atoms with E-state index in [0.717, 1.165) is 12.3 Å². The summed E-state index contributed by atoms with van der Waals surface area (Å²) in [7, 11) is 0. The van der Waals surface area contributed by atoms with Crippen LogP contribution in [0.5, 0.6) is 0 Å². The Morgan fingerprint density at radius 1 is 1.39 bits per heavy atom. The van der Waals surface area contributed by atoms with Crippen molar-refractivity contribution in [2.24, 2.45) is 34.6 Å². The predicted octanol–water partition coefficient (Wildman–Crippen LogP) is 1.31. The molecule has 5 nitrogen and oxygen atoms in total. The summed E-state index contributed by atoms with van der Waals surface area (Å²) < 4.78 is 0. The van der Waals surface area contributed by atoms with Crippen LogP contribution >= 0.6 is 0 Å². The van der Waals surface area contributed by atoms with Crippen molar-refractivity contribution in [2.45, 2.75) is 45.6 Å². The summed E-state index contributed by atoms with van der Waals surface area (Å²) in [6.07, 6.45) is 4.67. The number of nitrogens with one attached hydrogen (secondary N) is 1. The molecule has 4 atom stereocenters. The van der Waals surface area contributed by atoms with Crippen LogP contribution in [0.15, 0.2) is 5.16 Å². The predicted molar refractivity (Wildman–Crippen MR) is 69.1 cm³/mol. The summed E-state index contributed by atoms with van der Waals surface area (Å²) in [6.45, 7) is 3.90. The quantitative estimate of drug-likeness (QED) is 0.305. The van der Waals surface area contributed by atoms with Crippen LogP contribution in [-0.2, 0) is 4.79 Å². The fourth-order valence-electron chi connectivity index (χ4n) is 3.47. The Hall–Kier alpha value is -1.26. The Morgan fingerprint density at radius 3 is 2.56 bits per heavy atom. The van der Waals surface area contributed by atoms with Gasteiger partial charge in [-0.3, -0.25) is 4.79 Å². The van der Waals surface area contributed by atoms with Crippen LogP contribution in [0.3, 0.4) is 0 Å². The maximum atomic E-state index is 12.3. The Morgan fingerprint density at radius 2 is 2.11 bits per heavy atom. The first-order valence-electron chi connectivity index (χ1n) is 6.80. The third kappa shape index (κ3) is 2.44. The second-order valence-electron chi connectivity index (χ2n) is 6.04.